The average molecular weight is 208 g/mol. The number of carbonyl (C=O) groups is 1. The Balaban J connectivity index is 2.36. The van der Waals surface area contributed by atoms with Crippen LogP contribution in [0.3, 0.4) is 0 Å². The van der Waals surface area contributed by atoms with E-state index in [1.54, 1.807) is 12.1 Å². The molecule has 82 valence electrons. The molecule has 0 bridgehead atoms. The molecule has 0 aliphatic heterocycles. The molecule has 0 saturated carbocycles. The monoisotopic (exact) mass is 208 g/mol. The second kappa shape index (κ2) is 5.51. The number of hydrogen-bond acceptors (Lipinski definition) is 3. The largest absolute Gasteiger partial charge is 0.508 e. The van der Waals surface area contributed by atoms with Crippen molar-refractivity contribution >= 4 is 5.78 Å². The molecule has 0 aromatic heterocycles. The minimum absolute atomic E-state index is 0.00760. The minimum atomic E-state index is -0.559. The van der Waals surface area contributed by atoms with E-state index in [0.29, 0.717) is 12.8 Å². The van der Waals surface area contributed by atoms with Gasteiger partial charge in [0, 0.05) is 6.42 Å². The van der Waals surface area contributed by atoms with E-state index in [-0.39, 0.29) is 18.0 Å². The lowest BCUT2D eigenvalue weighted by Gasteiger charge is -2.08. The lowest BCUT2D eigenvalue weighted by Crippen LogP contribution is -2.12. The van der Waals surface area contributed by atoms with Crippen molar-refractivity contribution in [3.05, 3.63) is 29.8 Å². The second-order valence-corrected chi connectivity index (χ2v) is 3.77. The third-order valence-corrected chi connectivity index (χ3v) is 2.23. The summed E-state index contributed by atoms with van der Waals surface area (Å²) in [6.45, 7) is 1.48. The van der Waals surface area contributed by atoms with Gasteiger partial charge >= 0.3 is 0 Å². The molecular formula is C12H16O3. The highest BCUT2D eigenvalue weighted by atomic mass is 16.3. The van der Waals surface area contributed by atoms with Gasteiger partial charge in [0.25, 0.3) is 0 Å². The van der Waals surface area contributed by atoms with Gasteiger partial charge in [-0.1, -0.05) is 12.1 Å². The predicted octanol–water partition coefficient (Wildman–Crippen LogP) is 1.66. The Kier molecular flexibility index (Phi) is 4.31. The number of ketones is 1. The van der Waals surface area contributed by atoms with E-state index in [2.05, 4.69) is 0 Å². The van der Waals surface area contributed by atoms with Crippen LogP contribution in [0.15, 0.2) is 24.3 Å². The van der Waals surface area contributed by atoms with Crippen LogP contribution in [0.4, 0.5) is 0 Å². The molecule has 3 nitrogen and oxygen atoms in total. The van der Waals surface area contributed by atoms with Gasteiger partial charge in [-0.05, 0) is 37.5 Å². The Morgan fingerprint density at radius 2 is 1.93 bits per heavy atom. The van der Waals surface area contributed by atoms with E-state index < -0.39 is 6.10 Å². The van der Waals surface area contributed by atoms with Gasteiger partial charge in [-0.2, -0.15) is 0 Å². The van der Waals surface area contributed by atoms with Crippen LogP contribution >= 0.6 is 0 Å². The van der Waals surface area contributed by atoms with Gasteiger partial charge in [0.15, 0.2) is 0 Å². The molecule has 0 aliphatic carbocycles. The maximum absolute atomic E-state index is 10.7. The molecule has 1 rings (SSSR count). The van der Waals surface area contributed by atoms with Gasteiger partial charge in [-0.15, -0.1) is 0 Å². The van der Waals surface area contributed by atoms with Crippen LogP contribution in [-0.2, 0) is 11.2 Å². The molecule has 0 fully saturated rings. The number of hydrogen-bond donors (Lipinski definition) is 2. The number of rotatable bonds is 5. The number of aliphatic hydroxyl groups excluding tert-OH is 1. The van der Waals surface area contributed by atoms with Crippen molar-refractivity contribution in [1.29, 1.82) is 0 Å². The number of aromatic hydroxyl groups is 1. The number of aliphatic hydroxyl groups is 1. The Bertz CT molecular complexity index is 316. The predicted molar refractivity (Wildman–Crippen MR) is 57.7 cm³/mol. The summed E-state index contributed by atoms with van der Waals surface area (Å²) < 4.78 is 0. The average Bonchev–Trinajstić information content (AvgIpc) is 2.16. The van der Waals surface area contributed by atoms with Crippen LogP contribution in [-0.4, -0.2) is 22.1 Å². The van der Waals surface area contributed by atoms with E-state index in [1.807, 2.05) is 12.1 Å². The molecule has 1 aromatic rings. The topological polar surface area (TPSA) is 57.5 Å². The molecule has 0 heterocycles. The fraction of sp³-hybridized carbons (Fsp3) is 0.417. The van der Waals surface area contributed by atoms with Crippen molar-refractivity contribution in [3.63, 3.8) is 0 Å². The summed E-state index contributed by atoms with van der Waals surface area (Å²) in [6, 6.07) is 6.87. The molecule has 1 aromatic carbocycles. The summed E-state index contributed by atoms with van der Waals surface area (Å²) in [6.07, 6.45) is 0.952. The molecule has 2 N–H and O–H groups in total. The highest BCUT2D eigenvalue weighted by Crippen LogP contribution is 2.12. The van der Waals surface area contributed by atoms with Crippen molar-refractivity contribution in [2.75, 3.05) is 0 Å². The van der Waals surface area contributed by atoms with E-state index in [1.165, 1.54) is 6.92 Å². The number of phenols is 1. The fourth-order valence-electron chi connectivity index (χ4n) is 1.43. The van der Waals surface area contributed by atoms with Gasteiger partial charge in [-0.25, -0.2) is 0 Å². The first-order chi connectivity index (χ1) is 7.08. The van der Waals surface area contributed by atoms with Gasteiger partial charge in [0.2, 0.25) is 0 Å². The first kappa shape index (κ1) is 11.7. The number of Topliss-reactive ketones (excluding diaryl/α,β-unsaturated/α-hetero) is 1. The van der Waals surface area contributed by atoms with Gasteiger partial charge < -0.3 is 10.2 Å². The standard InChI is InChI=1S/C12H16O3/c1-9(13)8-12(15)7-4-10-2-5-11(14)6-3-10/h2-3,5-6,12,14-15H,4,7-8H2,1H3/t12-/m0/s1. The molecule has 0 aliphatic rings. The molecule has 0 radical (unpaired) electrons. The Morgan fingerprint density at radius 1 is 1.33 bits per heavy atom. The van der Waals surface area contributed by atoms with Crippen molar-refractivity contribution in [2.45, 2.75) is 32.3 Å². The Hall–Kier alpha value is -1.35. The van der Waals surface area contributed by atoms with Crippen LogP contribution in [0.25, 0.3) is 0 Å². The van der Waals surface area contributed by atoms with Crippen molar-refractivity contribution in [1.82, 2.24) is 0 Å². The van der Waals surface area contributed by atoms with E-state index in [9.17, 15) is 9.90 Å². The summed E-state index contributed by atoms with van der Waals surface area (Å²) in [5.41, 5.74) is 1.05. The Labute approximate surface area is 89.4 Å². The van der Waals surface area contributed by atoms with Crippen molar-refractivity contribution < 1.29 is 15.0 Å². The zero-order valence-electron chi connectivity index (χ0n) is 8.81. The number of phenolic OH excluding ortho intramolecular Hbond substituents is 1. The summed E-state index contributed by atoms with van der Waals surface area (Å²) in [5.74, 6) is 0.247. The fourth-order valence-corrected chi connectivity index (χ4v) is 1.43. The third kappa shape index (κ3) is 4.61. The van der Waals surface area contributed by atoms with Crippen LogP contribution in [0.2, 0.25) is 0 Å². The van der Waals surface area contributed by atoms with E-state index >= 15 is 0 Å². The molecule has 3 heteroatoms. The number of benzene rings is 1. The second-order valence-electron chi connectivity index (χ2n) is 3.77. The molecule has 0 spiro atoms. The molecule has 0 amide bonds. The zero-order chi connectivity index (χ0) is 11.3. The zero-order valence-corrected chi connectivity index (χ0v) is 8.81. The summed E-state index contributed by atoms with van der Waals surface area (Å²) in [4.78, 5) is 10.7. The maximum Gasteiger partial charge on any atom is 0.132 e. The minimum Gasteiger partial charge on any atom is -0.508 e. The van der Waals surface area contributed by atoms with Crippen molar-refractivity contribution in [3.8, 4) is 5.75 Å². The smallest absolute Gasteiger partial charge is 0.132 e. The molecule has 15 heavy (non-hydrogen) atoms. The van der Waals surface area contributed by atoms with Crippen LogP contribution < -0.4 is 0 Å². The third-order valence-electron chi connectivity index (χ3n) is 2.23. The molecular weight excluding hydrogens is 192 g/mol. The number of carbonyl (C=O) groups excluding carboxylic acids is 1. The SMILES string of the molecule is CC(=O)C[C@@H](O)CCc1ccc(O)cc1. The highest BCUT2D eigenvalue weighted by Gasteiger charge is 2.07. The summed E-state index contributed by atoms with van der Waals surface area (Å²) in [7, 11) is 0. The maximum atomic E-state index is 10.7. The van der Waals surface area contributed by atoms with Crippen LogP contribution in [0.1, 0.15) is 25.3 Å². The first-order valence-corrected chi connectivity index (χ1v) is 5.03. The lowest BCUT2D eigenvalue weighted by molar-refractivity contribution is -0.118. The molecule has 0 unspecified atom stereocenters. The van der Waals surface area contributed by atoms with Crippen LogP contribution in [0, 0.1) is 0 Å². The first-order valence-electron chi connectivity index (χ1n) is 5.03. The Morgan fingerprint density at radius 3 is 2.47 bits per heavy atom. The molecule has 0 saturated heterocycles. The normalized spacial score (nSPS) is 12.4. The van der Waals surface area contributed by atoms with E-state index in [0.717, 1.165) is 5.56 Å². The van der Waals surface area contributed by atoms with Gasteiger partial charge in [0.05, 0.1) is 6.10 Å². The van der Waals surface area contributed by atoms with Crippen molar-refractivity contribution in [2.24, 2.45) is 0 Å². The van der Waals surface area contributed by atoms with Crippen LogP contribution in [0.5, 0.6) is 5.75 Å². The van der Waals surface area contributed by atoms with Gasteiger partial charge in [0.1, 0.15) is 11.5 Å². The summed E-state index contributed by atoms with van der Waals surface area (Å²) >= 11 is 0. The summed E-state index contributed by atoms with van der Waals surface area (Å²) in [5, 5.41) is 18.5. The van der Waals surface area contributed by atoms with E-state index in [4.69, 9.17) is 5.11 Å². The highest BCUT2D eigenvalue weighted by molar-refractivity contribution is 5.75. The number of aryl methyl sites for hydroxylation is 1. The lowest BCUT2D eigenvalue weighted by atomic mass is 10.0. The molecule has 1 atom stereocenters. The quantitative estimate of drug-likeness (QED) is 0.773. The van der Waals surface area contributed by atoms with Gasteiger partial charge in [-0.3, -0.25) is 4.79 Å².